The predicted molar refractivity (Wildman–Crippen MR) is 249 cm³/mol. The predicted octanol–water partition coefficient (Wildman–Crippen LogP) is 8.87. The van der Waals surface area contributed by atoms with Crippen molar-refractivity contribution in [2.24, 2.45) is 45.3 Å². The number of halogens is 6. The van der Waals surface area contributed by atoms with Gasteiger partial charge in [0.2, 0.25) is 0 Å². The van der Waals surface area contributed by atoms with Crippen LogP contribution >= 0.6 is 46.4 Å². The maximum atomic E-state index is 16.2. The van der Waals surface area contributed by atoms with Crippen molar-refractivity contribution in [2.45, 2.75) is 175 Å². The molecule has 17 heteroatoms. The van der Waals surface area contributed by atoms with Crippen molar-refractivity contribution in [3.05, 3.63) is 47.6 Å². The number of rotatable bonds is 10. The Morgan fingerprint density at radius 3 is 1.39 bits per heavy atom. The summed E-state index contributed by atoms with van der Waals surface area (Å²) in [5.74, 6) is -4.41. The summed E-state index contributed by atoms with van der Waals surface area (Å²) in [5.41, 5.74) is -5.04. The number of carbonyl (C=O) groups excluding carboxylic acids is 4. The SMILES string of the molecule is CC1(C)OC2CC3C4CC(F)C5=CC(=O)C=CC5(C)C4(Cl)C(Cl)CC3(C)C2(CC(=O)COBOCC(=O)CC23OC(C)(C)OC2CC2C4CC(F)C5=CC(=O)C=CC5(C)C4(Cl)C(Cl)CC23C)O1. The second kappa shape index (κ2) is 15.5. The average Bonchev–Trinajstić information content (AvgIpc) is 3.81. The molecule has 10 aliphatic rings. The smallest absolute Gasteiger partial charge is 0.407 e. The van der Waals surface area contributed by atoms with Crippen LogP contribution in [0.4, 0.5) is 8.78 Å². The van der Waals surface area contributed by atoms with Gasteiger partial charge in [0.15, 0.2) is 34.7 Å². The molecule has 366 valence electrons. The second-order valence-corrected chi connectivity index (χ2v) is 25.6. The summed E-state index contributed by atoms with van der Waals surface area (Å²) < 4.78 is 70.7. The van der Waals surface area contributed by atoms with E-state index in [1.165, 1.54) is 24.3 Å². The number of ether oxygens (including phenoxy) is 4. The van der Waals surface area contributed by atoms with Crippen molar-refractivity contribution >= 4 is 77.2 Å². The molecular weight excluding hydrogens is 951 g/mol. The third-order valence-electron chi connectivity index (χ3n) is 19.2. The molecule has 18 atom stereocenters. The van der Waals surface area contributed by atoms with Crippen LogP contribution in [0.1, 0.15) is 107 Å². The normalized spacial score (nSPS) is 51.6. The van der Waals surface area contributed by atoms with Gasteiger partial charge in [0.1, 0.15) is 23.5 Å². The minimum absolute atomic E-state index is 0.0637. The summed E-state index contributed by atoms with van der Waals surface area (Å²) in [7, 11) is -0.346. The first kappa shape index (κ1) is 49.1. The monoisotopic (exact) mass is 1010 g/mol. The summed E-state index contributed by atoms with van der Waals surface area (Å²) in [6.45, 7) is 14.4. The Hall–Kier alpha value is -1.52. The van der Waals surface area contributed by atoms with Crippen LogP contribution in [0.2, 0.25) is 0 Å². The Morgan fingerprint density at radius 2 is 1.01 bits per heavy atom. The van der Waals surface area contributed by atoms with Crippen LogP contribution < -0.4 is 0 Å². The molecule has 6 saturated carbocycles. The van der Waals surface area contributed by atoms with Gasteiger partial charge in [-0.2, -0.15) is 0 Å². The lowest BCUT2D eigenvalue weighted by molar-refractivity contribution is -0.215. The molecule has 10 nitrogen and oxygen atoms in total. The van der Waals surface area contributed by atoms with Crippen molar-refractivity contribution in [2.75, 3.05) is 13.2 Å². The molecule has 2 heterocycles. The lowest BCUT2D eigenvalue weighted by Gasteiger charge is -2.64. The lowest BCUT2D eigenvalue weighted by Crippen LogP contribution is -2.68. The minimum Gasteiger partial charge on any atom is -0.407 e. The molecule has 0 amide bonds. The van der Waals surface area contributed by atoms with Gasteiger partial charge in [0.05, 0.1) is 45.9 Å². The Kier molecular flexibility index (Phi) is 11.4. The van der Waals surface area contributed by atoms with Crippen LogP contribution in [0.5, 0.6) is 0 Å². The fourth-order valence-corrected chi connectivity index (χ4v) is 18.8. The molecule has 18 unspecified atom stereocenters. The molecule has 0 bridgehead atoms. The number of alkyl halides is 6. The number of allylic oxidation sites excluding steroid dienone is 8. The van der Waals surface area contributed by atoms with Crippen LogP contribution in [0.25, 0.3) is 0 Å². The Morgan fingerprint density at radius 1 is 0.642 bits per heavy atom. The zero-order valence-electron chi connectivity index (χ0n) is 39.4. The number of fused-ring (bicyclic) bond motifs is 14. The number of hydrogen-bond acceptors (Lipinski definition) is 10. The fourth-order valence-electron chi connectivity index (χ4n) is 16.4. The number of ketones is 4. The maximum Gasteiger partial charge on any atom is 0.438 e. The number of carbonyl (C=O) groups is 4. The molecule has 0 radical (unpaired) electrons. The van der Waals surface area contributed by atoms with Crippen LogP contribution in [0.3, 0.4) is 0 Å². The fraction of sp³-hybridized carbons (Fsp3) is 0.760. The van der Waals surface area contributed by atoms with Crippen LogP contribution in [0, 0.1) is 45.3 Å². The van der Waals surface area contributed by atoms with Gasteiger partial charge in [-0.15, -0.1) is 46.4 Å². The van der Waals surface area contributed by atoms with Gasteiger partial charge in [0, 0.05) is 34.5 Å². The summed E-state index contributed by atoms with van der Waals surface area (Å²) in [5, 5.41) is -1.35. The summed E-state index contributed by atoms with van der Waals surface area (Å²) >= 11 is 30.2. The molecule has 0 N–H and O–H groups in total. The van der Waals surface area contributed by atoms with E-state index < -0.39 is 101 Å². The first-order valence-corrected chi connectivity index (χ1v) is 25.5. The Labute approximate surface area is 412 Å². The van der Waals surface area contributed by atoms with Gasteiger partial charge in [-0.05, 0) is 125 Å². The van der Waals surface area contributed by atoms with E-state index in [1.807, 2.05) is 41.5 Å². The topological polar surface area (TPSA) is 124 Å². The molecule has 8 aliphatic carbocycles. The Balaban J connectivity index is 0.806. The number of Topliss-reactive ketones (excluding diaryl/α,β-unsaturated/α-hetero) is 2. The lowest BCUT2D eigenvalue weighted by atomic mass is 9.46. The first-order valence-electron chi connectivity index (χ1n) is 23.9. The van der Waals surface area contributed by atoms with E-state index in [2.05, 4.69) is 13.8 Å². The molecule has 67 heavy (non-hydrogen) atoms. The molecule has 0 spiro atoms. The zero-order chi connectivity index (χ0) is 48.5. The summed E-state index contributed by atoms with van der Waals surface area (Å²) in [4.78, 5) is 50.6. The minimum atomic E-state index is -1.40. The quantitative estimate of drug-likeness (QED) is 0.119. The van der Waals surface area contributed by atoms with Crippen molar-refractivity contribution in [1.29, 1.82) is 0 Å². The third-order valence-corrected chi connectivity index (χ3v) is 22.3. The van der Waals surface area contributed by atoms with Crippen LogP contribution in [-0.4, -0.2) is 112 Å². The molecular formula is C50H61BCl4F2O10. The first-order chi connectivity index (χ1) is 31.1. The van der Waals surface area contributed by atoms with Crippen molar-refractivity contribution in [3.8, 4) is 0 Å². The van der Waals surface area contributed by atoms with E-state index in [-0.39, 0.29) is 81.6 Å². The highest BCUT2D eigenvalue weighted by Gasteiger charge is 2.80. The van der Waals surface area contributed by atoms with E-state index in [4.69, 9.17) is 74.7 Å². The van der Waals surface area contributed by atoms with Gasteiger partial charge in [0.25, 0.3) is 0 Å². The standard InChI is InChI=1S/C50H61BCl4F2O10/c1-41(2)64-39-17-29-31-15-35(56)33-13-25(58)9-11-43(33,5)49(31,54)37(52)21-45(29,7)47(39,66-41)19-27(60)23-62-51-63-24-28(61)20-48-40(65-42(3,4)67-48)18-30-32-16-36(57)34-14-26(59)10-12-44(34,6)50(32,55)38(53)22-46(30,48)8/h9-14,29-32,35-40,51H,15-24H2,1-8H3. The summed E-state index contributed by atoms with van der Waals surface area (Å²) in [6, 6.07) is 0. The van der Waals surface area contributed by atoms with Gasteiger partial charge < -0.3 is 28.3 Å². The van der Waals surface area contributed by atoms with Gasteiger partial charge in [-0.3, -0.25) is 19.2 Å². The van der Waals surface area contributed by atoms with Crippen molar-refractivity contribution < 1.29 is 56.2 Å². The highest BCUT2D eigenvalue weighted by molar-refractivity contribution is 6.34. The van der Waals surface area contributed by atoms with E-state index in [1.54, 1.807) is 12.2 Å². The molecule has 2 aliphatic heterocycles. The molecule has 2 saturated heterocycles. The molecule has 10 rings (SSSR count). The molecule has 0 aromatic heterocycles. The van der Waals surface area contributed by atoms with E-state index in [0.29, 0.717) is 36.8 Å². The van der Waals surface area contributed by atoms with Crippen LogP contribution in [-0.2, 0) is 47.4 Å². The van der Waals surface area contributed by atoms with E-state index in [9.17, 15) is 19.2 Å². The third kappa shape index (κ3) is 6.52. The molecule has 8 fully saturated rings. The summed E-state index contributed by atoms with van der Waals surface area (Å²) in [6.07, 6.45) is 6.93. The van der Waals surface area contributed by atoms with Gasteiger partial charge in [-0.25, -0.2) is 8.78 Å². The van der Waals surface area contributed by atoms with Crippen molar-refractivity contribution in [3.63, 3.8) is 0 Å². The highest BCUT2D eigenvalue weighted by Crippen LogP contribution is 2.76. The zero-order valence-corrected chi connectivity index (χ0v) is 42.4. The van der Waals surface area contributed by atoms with Crippen molar-refractivity contribution in [1.82, 2.24) is 0 Å². The maximum absolute atomic E-state index is 16.2. The highest BCUT2D eigenvalue weighted by atomic mass is 35.5. The van der Waals surface area contributed by atoms with Crippen LogP contribution in [0.15, 0.2) is 47.6 Å². The molecule has 0 aromatic rings. The Bertz CT molecular complexity index is 2170. The second-order valence-electron chi connectivity index (χ2n) is 23.3. The average molecular weight is 1010 g/mol. The largest absolute Gasteiger partial charge is 0.438 e. The van der Waals surface area contributed by atoms with Gasteiger partial charge >= 0.3 is 7.69 Å². The number of hydrogen-bond donors (Lipinski definition) is 0. The van der Waals surface area contributed by atoms with E-state index >= 15 is 8.78 Å². The van der Waals surface area contributed by atoms with E-state index in [0.717, 1.165) is 0 Å². The molecule has 0 aromatic carbocycles. The van der Waals surface area contributed by atoms with Gasteiger partial charge in [-0.1, -0.05) is 39.8 Å².